The lowest BCUT2D eigenvalue weighted by atomic mass is 9.87. The first kappa shape index (κ1) is 22.1. The number of sulfonamides is 1. The number of amides is 2. The molecule has 1 heterocycles. The summed E-state index contributed by atoms with van der Waals surface area (Å²) in [7, 11) is -3.37. The predicted octanol–water partition coefficient (Wildman–Crippen LogP) is 3.33. The van der Waals surface area contributed by atoms with Crippen molar-refractivity contribution in [1.29, 1.82) is 0 Å². The van der Waals surface area contributed by atoms with Crippen LogP contribution in [0, 0.1) is 5.92 Å². The van der Waals surface area contributed by atoms with Crippen LogP contribution in [0.5, 0.6) is 0 Å². The number of piperazine rings is 1. The molecule has 1 saturated carbocycles. The zero-order valence-electron chi connectivity index (χ0n) is 17.7. The van der Waals surface area contributed by atoms with Gasteiger partial charge < -0.3 is 14.9 Å². The minimum absolute atomic E-state index is 0.126. The number of benzene rings is 2. The molecule has 0 radical (unpaired) electrons. The van der Waals surface area contributed by atoms with E-state index in [1.54, 1.807) is 35.2 Å². The topological polar surface area (TPSA) is 107 Å². The molecule has 2 aliphatic rings. The maximum absolute atomic E-state index is 12.7. The predicted molar refractivity (Wildman–Crippen MR) is 122 cm³/mol. The molecule has 2 N–H and O–H groups in total. The highest BCUT2D eigenvalue weighted by Gasteiger charge is 2.25. The summed E-state index contributed by atoms with van der Waals surface area (Å²) in [6, 6.07) is 14.4. The van der Waals surface area contributed by atoms with E-state index in [1.807, 2.05) is 18.2 Å². The Morgan fingerprint density at radius 1 is 0.938 bits per heavy atom. The largest absolute Gasteiger partial charge is 0.465 e. The second-order valence-electron chi connectivity index (χ2n) is 8.40. The van der Waals surface area contributed by atoms with Gasteiger partial charge in [0.1, 0.15) is 0 Å². The van der Waals surface area contributed by atoms with Crippen LogP contribution in [0.15, 0.2) is 48.5 Å². The highest BCUT2D eigenvalue weighted by Crippen LogP contribution is 2.29. The van der Waals surface area contributed by atoms with Gasteiger partial charge in [-0.05, 0) is 54.2 Å². The third-order valence-electron chi connectivity index (χ3n) is 6.12. The van der Waals surface area contributed by atoms with E-state index in [4.69, 9.17) is 5.11 Å². The highest BCUT2D eigenvalue weighted by molar-refractivity contribution is 7.92. The van der Waals surface area contributed by atoms with Crippen molar-refractivity contribution in [3.05, 3.63) is 54.1 Å². The van der Waals surface area contributed by atoms with E-state index in [2.05, 4.69) is 4.72 Å². The Balaban J connectivity index is 1.41. The molecule has 0 spiro atoms. The molecule has 170 valence electrons. The van der Waals surface area contributed by atoms with Gasteiger partial charge in [-0.3, -0.25) is 9.52 Å². The van der Waals surface area contributed by atoms with Crippen molar-refractivity contribution in [2.75, 3.05) is 36.7 Å². The zero-order valence-corrected chi connectivity index (χ0v) is 18.6. The second-order valence-corrected chi connectivity index (χ2v) is 10.2. The lowest BCUT2D eigenvalue weighted by Gasteiger charge is -2.33. The Morgan fingerprint density at radius 3 is 2.19 bits per heavy atom. The molecular formula is C23H27N3O5S. The molecule has 9 heteroatoms. The van der Waals surface area contributed by atoms with Crippen molar-refractivity contribution in [2.24, 2.45) is 5.92 Å². The third-order valence-corrected chi connectivity index (χ3v) is 7.58. The summed E-state index contributed by atoms with van der Waals surface area (Å²) in [5, 5.41) is 9.04. The maximum atomic E-state index is 12.7. The molecular weight excluding hydrogens is 430 g/mol. The average Bonchev–Trinajstić information content (AvgIpc) is 2.76. The first-order valence-electron chi connectivity index (χ1n) is 10.8. The van der Waals surface area contributed by atoms with Crippen LogP contribution in [0.1, 0.15) is 29.6 Å². The number of nitrogens with zero attached hydrogens (tertiary/aromatic N) is 2. The zero-order chi connectivity index (χ0) is 22.7. The molecule has 2 aromatic carbocycles. The summed E-state index contributed by atoms with van der Waals surface area (Å²) in [5.74, 6) is 0.293. The molecule has 4 rings (SSSR count). The normalized spacial score (nSPS) is 17.0. The molecule has 0 aromatic heterocycles. The fourth-order valence-electron chi connectivity index (χ4n) is 4.04. The minimum atomic E-state index is -3.37. The number of nitrogens with one attached hydrogen (secondary N) is 1. The van der Waals surface area contributed by atoms with E-state index in [0.717, 1.165) is 30.4 Å². The Morgan fingerprint density at radius 2 is 1.59 bits per heavy atom. The number of rotatable bonds is 6. The van der Waals surface area contributed by atoms with Gasteiger partial charge in [0, 0.05) is 37.4 Å². The lowest BCUT2D eigenvalue weighted by molar-refractivity contribution is 0.0625. The van der Waals surface area contributed by atoms with E-state index >= 15 is 0 Å². The van der Waals surface area contributed by atoms with E-state index in [1.165, 1.54) is 4.90 Å². The van der Waals surface area contributed by atoms with Gasteiger partial charge in [-0.2, -0.15) is 0 Å². The molecule has 0 unspecified atom stereocenters. The fraction of sp³-hybridized carbons (Fsp3) is 0.391. The molecule has 8 nitrogen and oxygen atoms in total. The van der Waals surface area contributed by atoms with Gasteiger partial charge in [-0.25, -0.2) is 13.2 Å². The molecule has 2 fully saturated rings. The van der Waals surface area contributed by atoms with E-state index in [0.29, 0.717) is 37.4 Å². The molecule has 2 aromatic rings. The van der Waals surface area contributed by atoms with Gasteiger partial charge in [0.05, 0.1) is 5.75 Å². The van der Waals surface area contributed by atoms with Crippen molar-refractivity contribution in [1.82, 2.24) is 9.80 Å². The van der Waals surface area contributed by atoms with Gasteiger partial charge in [0.25, 0.3) is 5.91 Å². The summed E-state index contributed by atoms with van der Waals surface area (Å²) in [4.78, 5) is 26.7. The number of carbonyl (C=O) groups is 2. The van der Waals surface area contributed by atoms with E-state index < -0.39 is 16.1 Å². The monoisotopic (exact) mass is 457 g/mol. The fourth-order valence-corrected chi connectivity index (χ4v) is 5.57. The Bertz CT molecular complexity index is 1090. The second kappa shape index (κ2) is 9.20. The van der Waals surface area contributed by atoms with Crippen LogP contribution < -0.4 is 4.72 Å². The average molecular weight is 458 g/mol. The van der Waals surface area contributed by atoms with Crippen molar-refractivity contribution in [3.8, 4) is 11.1 Å². The standard InChI is InChI=1S/C23H27N3O5S/c27-22(25-11-13-26(14-12-25)23(28)29)19-9-7-18(8-10-19)20-5-2-6-21(15-20)24-32(30,31)16-17-3-1-4-17/h2,5-10,15,17,24H,1,3-4,11-14,16H2,(H,28,29). The Labute approximate surface area is 187 Å². The van der Waals surface area contributed by atoms with Crippen LogP contribution in [0.2, 0.25) is 0 Å². The molecule has 1 aliphatic heterocycles. The number of hydrogen-bond donors (Lipinski definition) is 2. The lowest BCUT2D eigenvalue weighted by Crippen LogP contribution is -2.50. The molecule has 0 atom stereocenters. The van der Waals surface area contributed by atoms with Crippen molar-refractivity contribution in [3.63, 3.8) is 0 Å². The first-order valence-corrected chi connectivity index (χ1v) is 12.4. The summed E-state index contributed by atoms with van der Waals surface area (Å²) in [6.45, 7) is 1.36. The quantitative estimate of drug-likeness (QED) is 0.692. The van der Waals surface area contributed by atoms with E-state index in [-0.39, 0.29) is 17.6 Å². The van der Waals surface area contributed by atoms with Crippen LogP contribution >= 0.6 is 0 Å². The third kappa shape index (κ3) is 5.21. The molecule has 2 amide bonds. The van der Waals surface area contributed by atoms with Crippen LogP contribution in [-0.2, 0) is 10.0 Å². The Hall–Kier alpha value is -3.07. The highest BCUT2D eigenvalue weighted by atomic mass is 32.2. The van der Waals surface area contributed by atoms with Crippen LogP contribution in [0.25, 0.3) is 11.1 Å². The first-order chi connectivity index (χ1) is 15.3. The van der Waals surface area contributed by atoms with Gasteiger partial charge >= 0.3 is 6.09 Å². The molecule has 32 heavy (non-hydrogen) atoms. The van der Waals surface area contributed by atoms with E-state index in [9.17, 15) is 18.0 Å². The Kier molecular flexibility index (Phi) is 6.36. The van der Waals surface area contributed by atoms with Gasteiger partial charge in [-0.15, -0.1) is 0 Å². The number of hydrogen-bond acceptors (Lipinski definition) is 4. The van der Waals surface area contributed by atoms with Crippen molar-refractivity contribution < 1.29 is 23.1 Å². The minimum Gasteiger partial charge on any atom is -0.465 e. The summed E-state index contributed by atoms with van der Waals surface area (Å²) >= 11 is 0. The maximum Gasteiger partial charge on any atom is 0.407 e. The molecule has 0 bridgehead atoms. The summed E-state index contributed by atoms with van der Waals surface area (Å²) in [6.07, 6.45) is 2.09. The van der Waals surface area contributed by atoms with Crippen molar-refractivity contribution >= 4 is 27.7 Å². The molecule has 1 aliphatic carbocycles. The van der Waals surface area contributed by atoms with Gasteiger partial charge in [0.2, 0.25) is 10.0 Å². The number of carbonyl (C=O) groups excluding carboxylic acids is 1. The SMILES string of the molecule is O=C(O)N1CCN(C(=O)c2ccc(-c3cccc(NS(=O)(=O)CC4CCC4)c3)cc2)CC1. The van der Waals surface area contributed by atoms with Crippen LogP contribution in [-0.4, -0.2) is 67.3 Å². The smallest absolute Gasteiger partial charge is 0.407 e. The number of carboxylic acid groups (broad SMARTS) is 1. The summed E-state index contributed by atoms with van der Waals surface area (Å²) < 4.78 is 27.5. The van der Waals surface area contributed by atoms with Gasteiger partial charge in [-0.1, -0.05) is 30.7 Å². The molecule has 1 saturated heterocycles. The van der Waals surface area contributed by atoms with Crippen LogP contribution in [0.4, 0.5) is 10.5 Å². The van der Waals surface area contributed by atoms with Gasteiger partial charge in [0.15, 0.2) is 0 Å². The summed E-state index contributed by atoms with van der Waals surface area (Å²) in [5.41, 5.74) is 2.79. The van der Waals surface area contributed by atoms with Crippen molar-refractivity contribution in [2.45, 2.75) is 19.3 Å². The number of anilines is 1. The van der Waals surface area contributed by atoms with Crippen LogP contribution in [0.3, 0.4) is 0 Å².